The largest absolute Gasteiger partial charge is 0.469 e. The van der Waals surface area contributed by atoms with Crippen LogP contribution in [-0.2, 0) is 9.53 Å². The highest BCUT2D eigenvalue weighted by Crippen LogP contribution is 2.38. The van der Waals surface area contributed by atoms with Gasteiger partial charge in [-0.2, -0.15) is 0 Å². The van der Waals surface area contributed by atoms with Crippen LogP contribution in [0.4, 0.5) is 0 Å². The molecular formula is C8H14O3. The van der Waals surface area contributed by atoms with Crippen LogP contribution in [0.25, 0.3) is 0 Å². The fourth-order valence-electron chi connectivity index (χ4n) is 1.64. The summed E-state index contributed by atoms with van der Waals surface area (Å²) < 4.78 is 4.64. The summed E-state index contributed by atoms with van der Waals surface area (Å²) in [6.45, 7) is 1.84. The Bertz CT molecular complexity index is 167. The van der Waals surface area contributed by atoms with E-state index >= 15 is 0 Å². The molecule has 11 heavy (non-hydrogen) atoms. The minimum Gasteiger partial charge on any atom is -0.469 e. The first-order valence-electron chi connectivity index (χ1n) is 3.85. The molecule has 0 aromatic heterocycles. The molecule has 1 aliphatic carbocycles. The third-order valence-electron chi connectivity index (χ3n) is 2.39. The molecule has 3 nitrogen and oxygen atoms in total. The number of hydrogen-bond donors (Lipinski definition) is 1. The van der Waals surface area contributed by atoms with Crippen LogP contribution >= 0.6 is 0 Å². The van der Waals surface area contributed by atoms with Gasteiger partial charge in [0.25, 0.3) is 0 Å². The zero-order chi connectivity index (χ0) is 8.48. The molecule has 0 amide bonds. The van der Waals surface area contributed by atoms with Crippen molar-refractivity contribution >= 4 is 5.97 Å². The summed E-state index contributed by atoms with van der Waals surface area (Å²) in [5.41, 5.74) is -0.436. The van der Waals surface area contributed by atoms with Gasteiger partial charge in [0.1, 0.15) is 0 Å². The molecule has 1 rings (SSSR count). The van der Waals surface area contributed by atoms with Gasteiger partial charge < -0.3 is 9.84 Å². The van der Waals surface area contributed by atoms with Crippen LogP contribution in [0.15, 0.2) is 0 Å². The number of aliphatic hydroxyl groups is 1. The Morgan fingerprint density at radius 3 is 2.73 bits per heavy atom. The smallest absolute Gasteiger partial charge is 0.311 e. The summed E-state index contributed by atoms with van der Waals surface area (Å²) in [4.78, 5) is 11.1. The third kappa shape index (κ3) is 1.53. The fraction of sp³-hybridized carbons (Fsp3) is 0.875. The zero-order valence-corrected chi connectivity index (χ0v) is 6.96. The minimum absolute atomic E-state index is 0.200. The van der Waals surface area contributed by atoms with E-state index in [1.807, 2.05) is 6.92 Å². The molecule has 0 heterocycles. The van der Waals surface area contributed by atoms with Gasteiger partial charge in [0.15, 0.2) is 0 Å². The fourth-order valence-corrected chi connectivity index (χ4v) is 1.64. The van der Waals surface area contributed by atoms with Gasteiger partial charge >= 0.3 is 5.97 Å². The number of esters is 1. The van der Waals surface area contributed by atoms with Gasteiger partial charge in [-0.3, -0.25) is 4.79 Å². The first-order chi connectivity index (χ1) is 5.08. The molecule has 2 atom stereocenters. The lowest BCUT2D eigenvalue weighted by atomic mass is 9.89. The summed E-state index contributed by atoms with van der Waals surface area (Å²) >= 11 is 0. The van der Waals surface area contributed by atoms with Crippen LogP contribution in [0.3, 0.4) is 0 Å². The summed E-state index contributed by atoms with van der Waals surface area (Å²) in [5.74, 6) is -0.200. The molecule has 0 aromatic carbocycles. The number of aliphatic hydroxyl groups excluding tert-OH is 1. The van der Waals surface area contributed by atoms with Gasteiger partial charge in [0.2, 0.25) is 0 Å². The molecule has 1 aliphatic rings. The van der Waals surface area contributed by atoms with Gasteiger partial charge in [-0.1, -0.05) is 0 Å². The third-order valence-corrected chi connectivity index (χ3v) is 2.39. The molecule has 3 heteroatoms. The number of carbonyl (C=O) groups is 1. The standard InChI is InChI=1S/C8H14O3/c1-8(7(10)11-2)4-3-6(9)5-8/h6,9H,3-5H2,1-2H3/t6-,8+/m0/s1. The van der Waals surface area contributed by atoms with Crippen molar-refractivity contribution in [1.82, 2.24) is 0 Å². The topological polar surface area (TPSA) is 46.5 Å². The zero-order valence-electron chi connectivity index (χ0n) is 6.96. The van der Waals surface area contributed by atoms with Crippen molar-refractivity contribution in [3.05, 3.63) is 0 Å². The van der Waals surface area contributed by atoms with Crippen molar-refractivity contribution in [1.29, 1.82) is 0 Å². The molecule has 1 fully saturated rings. The van der Waals surface area contributed by atoms with Gasteiger partial charge in [0, 0.05) is 0 Å². The number of rotatable bonds is 1. The molecule has 0 saturated heterocycles. The maximum Gasteiger partial charge on any atom is 0.311 e. The van der Waals surface area contributed by atoms with E-state index in [1.54, 1.807) is 0 Å². The molecule has 1 N–H and O–H groups in total. The Labute approximate surface area is 66.4 Å². The number of carbonyl (C=O) groups excluding carboxylic acids is 1. The molecule has 0 spiro atoms. The van der Waals surface area contributed by atoms with Crippen molar-refractivity contribution in [2.75, 3.05) is 7.11 Å². The number of methoxy groups -OCH3 is 1. The monoisotopic (exact) mass is 158 g/mol. The lowest BCUT2D eigenvalue weighted by Crippen LogP contribution is -2.26. The number of ether oxygens (including phenoxy) is 1. The van der Waals surface area contributed by atoms with E-state index in [9.17, 15) is 9.90 Å². The van der Waals surface area contributed by atoms with E-state index in [-0.39, 0.29) is 12.1 Å². The van der Waals surface area contributed by atoms with Gasteiger partial charge in [-0.25, -0.2) is 0 Å². The molecule has 0 unspecified atom stereocenters. The van der Waals surface area contributed by atoms with Crippen molar-refractivity contribution in [3.63, 3.8) is 0 Å². The quantitative estimate of drug-likeness (QED) is 0.572. The Morgan fingerprint density at radius 1 is 1.73 bits per heavy atom. The Hall–Kier alpha value is -0.570. The second kappa shape index (κ2) is 2.81. The number of hydrogen-bond acceptors (Lipinski definition) is 3. The van der Waals surface area contributed by atoms with Gasteiger partial charge in [-0.15, -0.1) is 0 Å². The minimum atomic E-state index is -0.436. The Morgan fingerprint density at radius 2 is 2.36 bits per heavy atom. The maximum absolute atomic E-state index is 11.1. The van der Waals surface area contributed by atoms with E-state index in [2.05, 4.69) is 4.74 Å². The highest BCUT2D eigenvalue weighted by molar-refractivity contribution is 5.76. The average molecular weight is 158 g/mol. The van der Waals surface area contributed by atoms with Crippen LogP contribution in [0.2, 0.25) is 0 Å². The second-order valence-electron chi connectivity index (χ2n) is 3.45. The Balaban J connectivity index is 2.61. The normalized spacial score (nSPS) is 37.2. The van der Waals surface area contributed by atoms with E-state index < -0.39 is 5.41 Å². The SMILES string of the molecule is COC(=O)[C@]1(C)CC[C@H](O)C1. The average Bonchev–Trinajstić information content (AvgIpc) is 2.31. The van der Waals surface area contributed by atoms with Crippen LogP contribution in [0, 0.1) is 5.41 Å². The first kappa shape index (κ1) is 8.53. The molecule has 0 aliphatic heterocycles. The highest BCUT2D eigenvalue weighted by atomic mass is 16.5. The van der Waals surface area contributed by atoms with E-state index in [4.69, 9.17) is 0 Å². The van der Waals surface area contributed by atoms with Gasteiger partial charge in [0.05, 0.1) is 18.6 Å². The highest BCUT2D eigenvalue weighted by Gasteiger charge is 2.41. The second-order valence-corrected chi connectivity index (χ2v) is 3.45. The van der Waals surface area contributed by atoms with Crippen molar-refractivity contribution < 1.29 is 14.6 Å². The first-order valence-corrected chi connectivity index (χ1v) is 3.85. The molecule has 0 aromatic rings. The van der Waals surface area contributed by atoms with Crippen LogP contribution in [0.1, 0.15) is 26.2 Å². The van der Waals surface area contributed by atoms with E-state index in [1.165, 1.54) is 7.11 Å². The van der Waals surface area contributed by atoms with Crippen LogP contribution < -0.4 is 0 Å². The summed E-state index contributed by atoms with van der Waals surface area (Å²) in [6, 6.07) is 0. The summed E-state index contributed by atoms with van der Waals surface area (Å²) in [7, 11) is 1.39. The van der Waals surface area contributed by atoms with Crippen molar-refractivity contribution in [3.8, 4) is 0 Å². The van der Waals surface area contributed by atoms with Crippen LogP contribution in [-0.4, -0.2) is 24.3 Å². The van der Waals surface area contributed by atoms with E-state index in [0.29, 0.717) is 12.8 Å². The summed E-state index contributed by atoms with van der Waals surface area (Å²) in [6.07, 6.45) is 1.67. The maximum atomic E-state index is 11.1. The molecule has 0 radical (unpaired) electrons. The van der Waals surface area contributed by atoms with E-state index in [0.717, 1.165) is 6.42 Å². The lowest BCUT2D eigenvalue weighted by Gasteiger charge is -2.19. The molecule has 64 valence electrons. The summed E-state index contributed by atoms with van der Waals surface area (Å²) in [5, 5.41) is 9.20. The predicted octanol–water partition coefficient (Wildman–Crippen LogP) is 0.710. The Kier molecular flexibility index (Phi) is 2.18. The molecular weight excluding hydrogens is 144 g/mol. The van der Waals surface area contributed by atoms with Crippen LogP contribution in [0.5, 0.6) is 0 Å². The van der Waals surface area contributed by atoms with Gasteiger partial charge in [-0.05, 0) is 26.2 Å². The lowest BCUT2D eigenvalue weighted by molar-refractivity contribution is -0.151. The van der Waals surface area contributed by atoms with Crippen molar-refractivity contribution in [2.45, 2.75) is 32.3 Å². The van der Waals surface area contributed by atoms with Crippen molar-refractivity contribution in [2.24, 2.45) is 5.41 Å². The predicted molar refractivity (Wildman–Crippen MR) is 40.0 cm³/mol. The molecule has 1 saturated carbocycles. The molecule has 0 bridgehead atoms.